The molecule has 0 spiro atoms. The fraction of sp³-hybridized carbons (Fsp3) is 0.286. The van der Waals surface area contributed by atoms with Crippen LogP contribution in [-0.4, -0.2) is 35.1 Å². The highest BCUT2D eigenvalue weighted by Crippen LogP contribution is 2.43. The lowest BCUT2D eigenvalue weighted by molar-refractivity contribution is 0.0689. The molecule has 0 aliphatic rings. The van der Waals surface area contributed by atoms with Gasteiger partial charge in [-0.15, -0.1) is 0 Å². The Bertz CT molecular complexity index is 709. The molecule has 0 amide bonds. The number of methoxy groups -OCH3 is 2. The summed E-state index contributed by atoms with van der Waals surface area (Å²) in [5.41, 5.74) is 1.95. The lowest BCUT2D eigenvalue weighted by Gasteiger charge is -2.16. The predicted octanol–water partition coefficient (Wildman–Crippen LogP) is 2.76. The SMILES string of the molecule is COc1cc(Cl)c(C)c(-c2cc(C(=O)O)nn2C)c1OC. The minimum absolute atomic E-state index is 0.0482. The summed E-state index contributed by atoms with van der Waals surface area (Å²) in [6.07, 6.45) is 0. The third-order valence-electron chi connectivity index (χ3n) is 3.22. The molecule has 0 radical (unpaired) electrons. The van der Waals surface area contributed by atoms with Gasteiger partial charge in [0.05, 0.1) is 25.5 Å². The normalized spacial score (nSPS) is 10.5. The number of benzene rings is 1. The maximum atomic E-state index is 11.1. The Balaban J connectivity index is 2.79. The monoisotopic (exact) mass is 310 g/mol. The lowest BCUT2D eigenvalue weighted by atomic mass is 10.0. The van der Waals surface area contributed by atoms with Crippen molar-refractivity contribution >= 4 is 17.6 Å². The number of hydrogen-bond donors (Lipinski definition) is 1. The van der Waals surface area contributed by atoms with Gasteiger partial charge in [0, 0.05) is 18.1 Å². The van der Waals surface area contributed by atoms with Crippen LogP contribution in [0.4, 0.5) is 0 Å². The quantitative estimate of drug-likeness (QED) is 0.940. The summed E-state index contributed by atoms with van der Waals surface area (Å²) in [5, 5.41) is 13.5. The molecule has 1 heterocycles. The number of rotatable bonds is 4. The number of aromatic carboxylic acids is 1. The largest absolute Gasteiger partial charge is 0.493 e. The molecule has 112 valence electrons. The number of ether oxygens (including phenoxy) is 2. The average molecular weight is 311 g/mol. The number of aryl methyl sites for hydroxylation is 1. The summed E-state index contributed by atoms with van der Waals surface area (Å²) in [6.45, 7) is 1.83. The first-order chi connectivity index (χ1) is 9.90. The van der Waals surface area contributed by atoms with Gasteiger partial charge in [-0.3, -0.25) is 4.68 Å². The minimum atomic E-state index is -1.09. The van der Waals surface area contributed by atoms with E-state index in [1.54, 1.807) is 13.1 Å². The van der Waals surface area contributed by atoms with Crippen LogP contribution < -0.4 is 9.47 Å². The molecule has 0 fully saturated rings. The molecule has 0 atom stereocenters. The highest BCUT2D eigenvalue weighted by molar-refractivity contribution is 6.32. The summed E-state index contributed by atoms with van der Waals surface area (Å²) in [4.78, 5) is 11.1. The Kier molecular flexibility index (Phi) is 4.09. The summed E-state index contributed by atoms with van der Waals surface area (Å²) < 4.78 is 12.2. The number of hydrogen-bond acceptors (Lipinski definition) is 4. The molecular weight excluding hydrogens is 296 g/mol. The van der Waals surface area contributed by atoms with E-state index in [0.717, 1.165) is 5.56 Å². The Labute approximate surface area is 126 Å². The smallest absolute Gasteiger partial charge is 0.356 e. The second-order valence-electron chi connectivity index (χ2n) is 4.44. The minimum Gasteiger partial charge on any atom is -0.493 e. The first kappa shape index (κ1) is 15.2. The molecular formula is C14H15ClN2O4. The van der Waals surface area contributed by atoms with E-state index >= 15 is 0 Å². The number of nitrogens with zero attached hydrogens (tertiary/aromatic N) is 2. The lowest BCUT2D eigenvalue weighted by Crippen LogP contribution is -2.01. The number of aromatic nitrogens is 2. The molecule has 6 nitrogen and oxygen atoms in total. The van der Waals surface area contributed by atoms with E-state index in [1.807, 2.05) is 6.92 Å². The third-order valence-corrected chi connectivity index (χ3v) is 3.61. The van der Waals surface area contributed by atoms with Gasteiger partial charge >= 0.3 is 5.97 Å². The highest BCUT2D eigenvalue weighted by atomic mass is 35.5. The predicted molar refractivity (Wildman–Crippen MR) is 78.5 cm³/mol. The Hall–Kier alpha value is -2.21. The van der Waals surface area contributed by atoms with Crippen LogP contribution in [0.5, 0.6) is 11.5 Å². The number of carbonyl (C=O) groups is 1. The van der Waals surface area contributed by atoms with Crippen LogP contribution in [0.15, 0.2) is 12.1 Å². The molecule has 1 aromatic heterocycles. The van der Waals surface area contributed by atoms with Gasteiger partial charge < -0.3 is 14.6 Å². The van der Waals surface area contributed by atoms with Crippen molar-refractivity contribution in [2.24, 2.45) is 7.05 Å². The summed E-state index contributed by atoms with van der Waals surface area (Å²) >= 11 is 6.22. The van der Waals surface area contributed by atoms with Crippen LogP contribution >= 0.6 is 11.6 Å². The molecule has 0 saturated carbocycles. The molecule has 0 unspecified atom stereocenters. The standard InChI is InChI=1S/C14H15ClN2O4/c1-7-8(15)5-11(20-3)13(21-4)12(7)10-6-9(14(18)19)16-17(10)2/h5-6H,1-4H3,(H,18,19). The van der Waals surface area contributed by atoms with Crippen LogP contribution in [-0.2, 0) is 7.05 Å². The first-order valence-electron chi connectivity index (χ1n) is 6.09. The van der Waals surface area contributed by atoms with Crippen molar-refractivity contribution in [3.8, 4) is 22.8 Å². The fourth-order valence-electron chi connectivity index (χ4n) is 2.17. The van der Waals surface area contributed by atoms with Gasteiger partial charge in [0.25, 0.3) is 0 Å². The Morgan fingerprint density at radius 1 is 1.33 bits per heavy atom. The maximum absolute atomic E-state index is 11.1. The molecule has 2 rings (SSSR count). The number of halogens is 1. The van der Waals surface area contributed by atoms with E-state index in [2.05, 4.69) is 5.10 Å². The molecule has 1 aromatic carbocycles. The second kappa shape index (κ2) is 5.65. The van der Waals surface area contributed by atoms with E-state index < -0.39 is 5.97 Å². The molecule has 21 heavy (non-hydrogen) atoms. The van der Waals surface area contributed by atoms with E-state index in [0.29, 0.717) is 27.8 Å². The van der Waals surface area contributed by atoms with Crippen molar-refractivity contribution in [1.29, 1.82) is 0 Å². The summed E-state index contributed by atoms with van der Waals surface area (Å²) in [7, 11) is 4.69. The van der Waals surface area contributed by atoms with E-state index in [1.165, 1.54) is 25.0 Å². The Morgan fingerprint density at radius 2 is 2.00 bits per heavy atom. The molecule has 0 aliphatic carbocycles. The molecule has 0 saturated heterocycles. The average Bonchev–Trinajstić information content (AvgIpc) is 2.83. The van der Waals surface area contributed by atoms with Crippen molar-refractivity contribution in [3.63, 3.8) is 0 Å². The van der Waals surface area contributed by atoms with Gasteiger partial charge in [-0.2, -0.15) is 5.10 Å². The molecule has 2 aromatic rings. The molecule has 7 heteroatoms. The van der Waals surface area contributed by atoms with Gasteiger partial charge in [-0.05, 0) is 18.6 Å². The maximum Gasteiger partial charge on any atom is 0.356 e. The van der Waals surface area contributed by atoms with Crippen LogP contribution in [0.1, 0.15) is 16.1 Å². The van der Waals surface area contributed by atoms with Crippen molar-refractivity contribution in [2.75, 3.05) is 14.2 Å². The zero-order valence-corrected chi connectivity index (χ0v) is 12.9. The molecule has 0 bridgehead atoms. The van der Waals surface area contributed by atoms with Crippen LogP contribution in [0, 0.1) is 6.92 Å². The van der Waals surface area contributed by atoms with E-state index in [-0.39, 0.29) is 5.69 Å². The van der Waals surface area contributed by atoms with Crippen molar-refractivity contribution in [3.05, 3.63) is 28.4 Å². The van der Waals surface area contributed by atoms with Crippen LogP contribution in [0.2, 0.25) is 5.02 Å². The number of carboxylic acids is 1. The zero-order valence-electron chi connectivity index (χ0n) is 12.1. The van der Waals surface area contributed by atoms with Crippen LogP contribution in [0.3, 0.4) is 0 Å². The number of carboxylic acid groups (broad SMARTS) is 1. The fourth-order valence-corrected chi connectivity index (χ4v) is 2.36. The van der Waals surface area contributed by atoms with Crippen molar-refractivity contribution < 1.29 is 19.4 Å². The van der Waals surface area contributed by atoms with E-state index in [9.17, 15) is 4.79 Å². The first-order valence-corrected chi connectivity index (χ1v) is 6.47. The topological polar surface area (TPSA) is 73.6 Å². The van der Waals surface area contributed by atoms with Gasteiger partial charge in [-0.1, -0.05) is 11.6 Å². The van der Waals surface area contributed by atoms with Crippen LogP contribution in [0.25, 0.3) is 11.3 Å². The molecule has 1 N–H and O–H groups in total. The Morgan fingerprint density at radius 3 is 2.48 bits per heavy atom. The zero-order chi connectivity index (χ0) is 15.7. The highest BCUT2D eigenvalue weighted by Gasteiger charge is 2.22. The summed E-state index contributed by atoms with van der Waals surface area (Å²) in [6, 6.07) is 3.14. The van der Waals surface area contributed by atoms with Crippen molar-refractivity contribution in [1.82, 2.24) is 9.78 Å². The third kappa shape index (κ3) is 2.54. The van der Waals surface area contributed by atoms with Crippen molar-refractivity contribution in [2.45, 2.75) is 6.92 Å². The van der Waals surface area contributed by atoms with Gasteiger partial charge in [0.1, 0.15) is 0 Å². The molecule has 0 aliphatic heterocycles. The summed E-state index contributed by atoms with van der Waals surface area (Å²) in [5.74, 6) is -0.136. The van der Waals surface area contributed by atoms with Gasteiger partial charge in [0.2, 0.25) is 0 Å². The van der Waals surface area contributed by atoms with Gasteiger partial charge in [0.15, 0.2) is 17.2 Å². The second-order valence-corrected chi connectivity index (χ2v) is 4.84. The van der Waals surface area contributed by atoms with E-state index in [4.69, 9.17) is 26.2 Å². The van der Waals surface area contributed by atoms with Gasteiger partial charge in [-0.25, -0.2) is 4.79 Å².